The number of piperazine rings is 1. The first-order chi connectivity index (χ1) is 14.9. The number of hydrogen-bond acceptors (Lipinski definition) is 4. The van der Waals surface area contributed by atoms with Crippen molar-refractivity contribution in [3.8, 4) is 0 Å². The number of likely N-dealkylation sites (tertiary alicyclic amines) is 1. The molecule has 2 aliphatic heterocycles. The molecule has 0 bridgehead atoms. The van der Waals surface area contributed by atoms with Crippen LogP contribution in [0.25, 0.3) is 0 Å². The summed E-state index contributed by atoms with van der Waals surface area (Å²) in [7, 11) is -3.42. The molecule has 4 rings (SSSR count). The largest absolute Gasteiger partial charge is 0.338 e. The van der Waals surface area contributed by atoms with Crippen LogP contribution in [-0.2, 0) is 16.6 Å². The third-order valence-electron chi connectivity index (χ3n) is 6.26. The number of sulfonamides is 1. The van der Waals surface area contributed by atoms with E-state index in [-0.39, 0.29) is 5.91 Å². The quantitative estimate of drug-likeness (QED) is 0.716. The summed E-state index contributed by atoms with van der Waals surface area (Å²) in [4.78, 5) is 17.3. The third kappa shape index (κ3) is 5.17. The molecule has 0 aliphatic carbocycles. The fourth-order valence-electron chi connectivity index (χ4n) is 4.44. The van der Waals surface area contributed by atoms with Gasteiger partial charge < -0.3 is 4.90 Å². The van der Waals surface area contributed by atoms with Gasteiger partial charge in [-0.2, -0.15) is 4.31 Å². The first kappa shape index (κ1) is 22.0. The van der Waals surface area contributed by atoms with Crippen LogP contribution in [-0.4, -0.2) is 67.7 Å². The molecular weight excluding hydrogens is 410 g/mol. The zero-order valence-corrected chi connectivity index (χ0v) is 18.9. The highest BCUT2D eigenvalue weighted by Crippen LogP contribution is 2.20. The highest BCUT2D eigenvalue weighted by Gasteiger charge is 2.28. The Hall–Kier alpha value is -2.22. The van der Waals surface area contributed by atoms with Gasteiger partial charge in [0.25, 0.3) is 5.91 Å². The Morgan fingerprint density at radius 2 is 1.61 bits per heavy atom. The van der Waals surface area contributed by atoms with Crippen molar-refractivity contribution in [2.75, 3.05) is 39.3 Å². The average molecular weight is 442 g/mol. The number of hydrogen-bond donors (Lipinski definition) is 0. The van der Waals surface area contributed by atoms with Crippen molar-refractivity contribution in [2.24, 2.45) is 5.92 Å². The molecule has 2 fully saturated rings. The molecule has 166 valence electrons. The summed E-state index contributed by atoms with van der Waals surface area (Å²) < 4.78 is 27.1. The zero-order valence-electron chi connectivity index (χ0n) is 18.1. The van der Waals surface area contributed by atoms with E-state index in [0.717, 1.165) is 37.2 Å². The van der Waals surface area contributed by atoms with Crippen molar-refractivity contribution in [3.05, 3.63) is 65.7 Å². The second-order valence-corrected chi connectivity index (χ2v) is 10.6. The van der Waals surface area contributed by atoms with Gasteiger partial charge in [0.1, 0.15) is 0 Å². The van der Waals surface area contributed by atoms with E-state index < -0.39 is 10.0 Å². The van der Waals surface area contributed by atoms with Crippen molar-refractivity contribution >= 4 is 15.9 Å². The van der Waals surface area contributed by atoms with Crippen molar-refractivity contribution in [1.82, 2.24) is 14.1 Å². The minimum Gasteiger partial charge on any atom is -0.338 e. The van der Waals surface area contributed by atoms with Crippen LogP contribution in [0.1, 0.15) is 35.7 Å². The van der Waals surface area contributed by atoms with Crippen LogP contribution in [0, 0.1) is 5.92 Å². The maximum atomic E-state index is 12.8. The van der Waals surface area contributed by atoms with Gasteiger partial charge in [0.05, 0.1) is 4.90 Å². The van der Waals surface area contributed by atoms with Crippen molar-refractivity contribution in [2.45, 2.75) is 31.2 Å². The average Bonchev–Trinajstić information content (AvgIpc) is 2.80. The summed E-state index contributed by atoms with van der Waals surface area (Å²) in [5.41, 5.74) is 1.89. The van der Waals surface area contributed by atoms with E-state index in [9.17, 15) is 13.2 Å². The summed E-state index contributed by atoms with van der Waals surface area (Å²) in [5.74, 6) is 0.694. The number of piperidine rings is 1. The van der Waals surface area contributed by atoms with Gasteiger partial charge in [0.15, 0.2) is 0 Å². The third-order valence-corrected chi connectivity index (χ3v) is 8.18. The first-order valence-electron chi connectivity index (χ1n) is 11.1. The molecule has 2 aromatic carbocycles. The Balaban J connectivity index is 1.31. The van der Waals surface area contributed by atoms with Crippen LogP contribution in [0.2, 0.25) is 0 Å². The van der Waals surface area contributed by atoms with Crippen LogP contribution in [0.4, 0.5) is 0 Å². The summed E-state index contributed by atoms with van der Waals surface area (Å²) in [5, 5.41) is 0. The van der Waals surface area contributed by atoms with E-state index in [1.165, 1.54) is 6.42 Å². The van der Waals surface area contributed by atoms with Gasteiger partial charge in [0, 0.05) is 51.4 Å². The Labute approximate surface area is 185 Å². The Morgan fingerprint density at radius 3 is 2.26 bits per heavy atom. The Morgan fingerprint density at radius 1 is 0.935 bits per heavy atom. The monoisotopic (exact) mass is 441 g/mol. The summed E-state index contributed by atoms with van der Waals surface area (Å²) in [6.45, 7) is 7.01. The van der Waals surface area contributed by atoms with Gasteiger partial charge in [-0.3, -0.25) is 9.69 Å². The summed E-state index contributed by atoms with van der Waals surface area (Å²) in [6, 6.07) is 16.5. The lowest BCUT2D eigenvalue weighted by atomic mass is 9.99. The normalized spacial score (nSPS) is 21.2. The van der Waals surface area contributed by atoms with Gasteiger partial charge in [-0.05, 0) is 48.6 Å². The highest BCUT2D eigenvalue weighted by atomic mass is 32.2. The molecule has 2 aliphatic rings. The molecule has 1 atom stereocenters. The van der Waals surface area contributed by atoms with Crippen molar-refractivity contribution < 1.29 is 13.2 Å². The molecule has 2 saturated heterocycles. The minimum atomic E-state index is -3.42. The zero-order chi connectivity index (χ0) is 21.8. The molecule has 2 heterocycles. The van der Waals surface area contributed by atoms with Crippen LogP contribution in [0.5, 0.6) is 0 Å². The number of benzene rings is 2. The van der Waals surface area contributed by atoms with Crippen molar-refractivity contribution in [1.29, 1.82) is 0 Å². The van der Waals surface area contributed by atoms with Gasteiger partial charge in [0.2, 0.25) is 10.0 Å². The number of nitrogens with zero attached hydrogens (tertiary/aromatic N) is 3. The molecule has 0 N–H and O–H groups in total. The molecule has 0 saturated carbocycles. The van der Waals surface area contributed by atoms with Gasteiger partial charge in [-0.15, -0.1) is 0 Å². The maximum absolute atomic E-state index is 12.8. The number of rotatable bonds is 5. The maximum Gasteiger partial charge on any atom is 0.253 e. The van der Waals surface area contributed by atoms with Crippen LogP contribution in [0.15, 0.2) is 59.5 Å². The van der Waals surface area contributed by atoms with Crippen LogP contribution >= 0.6 is 0 Å². The molecule has 0 unspecified atom stereocenters. The van der Waals surface area contributed by atoms with E-state index >= 15 is 0 Å². The molecule has 0 aromatic heterocycles. The van der Waals surface area contributed by atoms with E-state index in [2.05, 4.69) is 11.8 Å². The van der Waals surface area contributed by atoms with E-state index in [0.29, 0.717) is 37.0 Å². The van der Waals surface area contributed by atoms with Crippen LogP contribution < -0.4 is 0 Å². The number of carbonyl (C=O) groups is 1. The van der Waals surface area contributed by atoms with E-state index in [4.69, 9.17) is 0 Å². The molecular formula is C24H31N3O3S. The number of carbonyl (C=O) groups excluding carboxylic acids is 1. The lowest BCUT2D eigenvalue weighted by Gasteiger charge is -2.34. The molecule has 0 radical (unpaired) electrons. The first-order valence-corrected chi connectivity index (χ1v) is 12.5. The lowest BCUT2D eigenvalue weighted by Crippen LogP contribution is -2.48. The van der Waals surface area contributed by atoms with Gasteiger partial charge in [-0.1, -0.05) is 37.3 Å². The Kier molecular flexibility index (Phi) is 6.74. The number of amides is 1. The van der Waals surface area contributed by atoms with Crippen molar-refractivity contribution in [3.63, 3.8) is 0 Å². The summed E-state index contributed by atoms with van der Waals surface area (Å²) >= 11 is 0. The SMILES string of the molecule is C[C@@H]1CCCN(C(=O)c2ccc(CN3CCN(S(=O)(=O)c4ccccc4)CC3)cc2)C1. The molecule has 0 spiro atoms. The molecule has 6 nitrogen and oxygen atoms in total. The molecule has 31 heavy (non-hydrogen) atoms. The Bertz CT molecular complexity index is 984. The predicted molar refractivity (Wildman–Crippen MR) is 121 cm³/mol. The molecule has 2 aromatic rings. The minimum absolute atomic E-state index is 0.123. The van der Waals surface area contributed by atoms with E-state index in [1.807, 2.05) is 35.2 Å². The molecule has 1 amide bonds. The van der Waals surface area contributed by atoms with Gasteiger partial charge >= 0.3 is 0 Å². The molecule has 7 heteroatoms. The smallest absolute Gasteiger partial charge is 0.253 e. The standard InChI is InChI=1S/C24H31N3O3S/c1-20-6-5-13-26(18-20)24(28)22-11-9-21(10-12-22)19-25-14-16-27(17-15-25)31(29,30)23-7-3-2-4-8-23/h2-4,7-12,20H,5-6,13-19H2,1H3/t20-/m1/s1. The fourth-order valence-corrected chi connectivity index (χ4v) is 5.88. The summed E-state index contributed by atoms with van der Waals surface area (Å²) in [6.07, 6.45) is 2.28. The van der Waals surface area contributed by atoms with Gasteiger partial charge in [-0.25, -0.2) is 8.42 Å². The van der Waals surface area contributed by atoms with E-state index in [1.54, 1.807) is 28.6 Å². The van der Waals surface area contributed by atoms with Crippen LogP contribution in [0.3, 0.4) is 0 Å². The second-order valence-electron chi connectivity index (χ2n) is 8.69. The highest BCUT2D eigenvalue weighted by molar-refractivity contribution is 7.89. The fraction of sp³-hybridized carbons (Fsp3) is 0.458. The predicted octanol–water partition coefficient (Wildman–Crippen LogP) is 3.07. The lowest BCUT2D eigenvalue weighted by molar-refractivity contribution is 0.0683. The topological polar surface area (TPSA) is 60.9 Å². The second kappa shape index (κ2) is 9.51.